The van der Waals surface area contributed by atoms with Crippen LogP contribution < -0.4 is 5.32 Å². The zero-order chi connectivity index (χ0) is 14.6. The second kappa shape index (κ2) is 6.19. The van der Waals surface area contributed by atoms with Crippen LogP contribution in [0.5, 0.6) is 0 Å². The van der Waals surface area contributed by atoms with Crippen molar-refractivity contribution in [2.24, 2.45) is 0 Å². The van der Waals surface area contributed by atoms with Crippen LogP contribution in [-0.2, 0) is 19.4 Å². The van der Waals surface area contributed by atoms with Crippen LogP contribution in [0.2, 0.25) is 0 Å². The number of carbonyl (C=O) groups is 1. The molecule has 1 N–H and O–H groups in total. The lowest BCUT2D eigenvalue weighted by atomic mass is 10.1. The van der Waals surface area contributed by atoms with E-state index in [1.165, 1.54) is 5.41 Å². The lowest BCUT2D eigenvalue weighted by Crippen LogP contribution is -2.38. The maximum Gasteiger partial charge on any atom is 0.327 e. The van der Waals surface area contributed by atoms with Gasteiger partial charge in [0.2, 0.25) is 0 Å². The van der Waals surface area contributed by atoms with Crippen molar-refractivity contribution in [3.8, 4) is 0 Å². The molecule has 108 valence electrons. The third-order valence-corrected chi connectivity index (χ3v) is 4.36. The topological polar surface area (TPSA) is 72.5 Å². The Kier molecular flexibility index (Phi) is 4.57. The van der Waals surface area contributed by atoms with Gasteiger partial charge in [0.15, 0.2) is 9.84 Å². The van der Waals surface area contributed by atoms with Gasteiger partial charge in [0.05, 0.1) is 12.4 Å². The lowest BCUT2D eigenvalue weighted by molar-refractivity contribution is -0.146. The van der Waals surface area contributed by atoms with E-state index in [4.69, 9.17) is 4.74 Å². The molecule has 6 heteroatoms. The monoisotopic (exact) mass is 295 g/mol. The van der Waals surface area contributed by atoms with Crippen LogP contribution >= 0.6 is 0 Å². The molecule has 1 aromatic rings. The fourth-order valence-corrected chi connectivity index (χ4v) is 3.31. The third kappa shape index (κ3) is 3.68. The fourth-order valence-electron chi connectivity index (χ4n) is 2.07. The van der Waals surface area contributed by atoms with Crippen molar-refractivity contribution < 1.29 is 17.9 Å². The number of rotatable bonds is 5. The SMILES string of the molecule is CCOC(=O)C(NC1C=CS(=O)(=O)C1)c1ccccc1. The largest absolute Gasteiger partial charge is 0.465 e. The van der Waals surface area contributed by atoms with Gasteiger partial charge in [-0.2, -0.15) is 0 Å². The van der Waals surface area contributed by atoms with Crippen molar-refractivity contribution in [2.45, 2.75) is 19.0 Å². The molecule has 20 heavy (non-hydrogen) atoms. The first-order chi connectivity index (χ1) is 9.52. The van der Waals surface area contributed by atoms with Crippen molar-refractivity contribution in [3.63, 3.8) is 0 Å². The number of hydrogen-bond acceptors (Lipinski definition) is 5. The van der Waals surface area contributed by atoms with Gasteiger partial charge in [-0.15, -0.1) is 0 Å². The Morgan fingerprint density at radius 1 is 1.40 bits per heavy atom. The molecule has 0 saturated carbocycles. The predicted molar refractivity (Wildman–Crippen MR) is 75.7 cm³/mol. The number of benzene rings is 1. The minimum Gasteiger partial charge on any atom is -0.465 e. The smallest absolute Gasteiger partial charge is 0.327 e. The van der Waals surface area contributed by atoms with E-state index < -0.39 is 21.8 Å². The molecule has 1 aliphatic heterocycles. The summed E-state index contributed by atoms with van der Waals surface area (Å²) in [5.74, 6) is -0.438. The van der Waals surface area contributed by atoms with E-state index in [0.29, 0.717) is 0 Å². The molecule has 0 aliphatic carbocycles. The van der Waals surface area contributed by atoms with Crippen LogP contribution in [-0.4, -0.2) is 32.8 Å². The van der Waals surface area contributed by atoms with Gasteiger partial charge in [-0.3, -0.25) is 5.32 Å². The molecule has 0 saturated heterocycles. The molecule has 2 atom stereocenters. The molecule has 1 aromatic carbocycles. The van der Waals surface area contributed by atoms with E-state index in [0.717, 1.165) is 5.56 Å². The quantitative estimate of drug-likeness (QED) is 0.826. The molecule has 1 aliphatic rings. The summed E-state index contributed by atoms with van der Waals surface area (Å²) in [5, 5.41) is 4.21. The number of nitrogens with one attached hydrogen (secondary N) is 1. The molecule has 0 fully saturated rings. The summed E-state index contributed by atoms with van der Waals surface area (Å²) in [6.45, 7) is 2.02. The highest BCUT2D eigenvalue weighted by Gasteiger charge is 2.28. The predicted octanol–water partition coefficient (Wildman–Crippen LogP) is 1.19. The highest BCUT2D eigenvalue weighted by atomic mass is 32.2. The molecule has 5 nitrogen and oxygen atoms in total. The highest BCUT2D eigenvalue weighted by Crippen LogP contribution is 2.18. The van der Waals surface area contributed by atoms with Gasteiger partial charge in [0.1, 0.15) is 6.04 Å². The van der Waals surface area contributed by atoms with Crippen molar-refractivity contribution in [1.82, 2.24) is 5.32 Å². The molecule has 0 amide bonds. The minimum absolute atomic E-state index is 0.0320. The first-order valence-electron chi connectivity index (χ1n) is 6.40. The van der Waals surface area contributed by atoms with Crippen LogP contribution in [0.4, 0.5) is 0 Å². The first-order valence-corrected chi connectivity index (χ1v) is 8.12. The van der Waals surface area contributed by atoms with Crippen LogP contribution in [0.3, 0.4) is 0 Å². The Hall–Kier alpha value is -1.66. The fraction of sp³-hybridized carbons (Fsp3) is 0.357. The maximum atomic E-state index is 12.0. The molecule has 0 radical (unpaired) electrons. The summed E-state index contributed by atoms with van der Waals surface area (Å²) in [6, 6.07) is 8.07. The van der Waals surface area contributed by atoms with E-state index in [1.54, 1.807) is 13.0 Å². The number of ether oxygens (including phenoxy) is 1. The summed E-state index contributed by atoms with van der Waals surface area (Å²) in [4.78, 5) is 12.0. The summed E-state index contributed by atoms with van der Waals surface area (Å²) >= 11 is 0. The molecule has 0 spiro atoms. The standard InChI is InChI=1S/C14H17NO4S/c1-2-19-14(16)13(11-6-4-3-5-7-11)15-12-8-9-20(17,18)10-12/h3-9,12-13,15H,2,10H2,1H3. The van der Waals surface area contributed by atoms with Gasteiger partial charge in [-0.25, -0.2) is 13.2 Å². The summed E-state index contributed by atoms with van der Waals surface area (Å²) < 4.78 is 27.9. The van der Waals surface area contributed by atoms with E-state index in [1.807, 2.05) is 30.3 Å². The number of esters is 1. The first kappa shape index (κ1) is 14.7. The van der Waals surface area contributed by atoms with Gasteiger partial charge in [-0.1, -0.05) is 36.4 Å². The zero-order valence-electron chi connectivity index (χ0n) is 11.2. The lowest BCUT2D eigenvalue weighted by Gasteiger charge is -2.20. The molecule has 0 aromatic heterocycles. The average Bonchev–Trinajstić information content (AvgIpc) is 2.76. The Bertz CT molecular complexity index is 595. The van der Waals surface area contributed by atoms with Crippen LogP contribution in [0, 0.1) is 0 Å². The molecule has 1 heterocycles. The number of hydrogen-bond donors (Lipinski definition) is 1. The Morgan fingerprint density at radius 3 is 2.65 bits per heavy atom. The van der Waals surface area contributed by atoms with Gasteiger partial charge in [0, 0.05) is 11.4 Å². The van der Waals surface area contributed by atoms with Gasteiger partial charge in [0.25, 0.3) is 0 Å². The van der Waals surface area contributed by atoms with E-state index >= 15 is 0 Å². The zero-order valence-corrected chi connectivity index (χ0v) is 12.0. The van der Waals surface area contributed by atoms with Gasteiger partial charge in [-0.05, 0) is 12.5 Å². The molecule has 2 rings (SSSR count). The summed E-state index contributed by atoms with van der Waals surface area (Å²) in [5.41, 5.74) is 0.753. The number of carbonyl (C=O) groups excluding carboxylic acids is 1. The normalized spacial score (nSPS) is 21.6. The average molecular weight is 295 g/mol. The maximum absolute atomic E-state index is 12.0. The third-order valence-electron chi connectivity index (χ3n) is 2.97. The van der Waals surface area contributed by atoms with E-state index in [2.05, 4.69) is 5.32 Å². The molecule has 0 bridgehead atoms. The van der Waals surface area contributed by atoms with E-state index in [9.17, 15) is 13.2 Å². The van der Waals surface area contributed by atoms with Crippen LogP contribution in [0.25, 0.3) is 0 Å². The molecule has 2 unspecified atom stereocenters. The Labute approximate surface area is 118 Å². The number of sulfone groups is 1. The van der Waals surface area contributed by atoms with Crippen LogP contribution in [0.15, 0.2) is 41.8 Å². The highest BCUT2D eigenvalue weighted by molar-refractivity contribution is 7.94. The van der Waals surface area contributed by atoms with Crippen molar-refractivity contribution in [2.75, 3.05) is 12.4 Å². The van der Waals surface area contributed by atoms with Crippen molar-refractivity contribution >= 4 is 15.8 Å². The summed E-state index contributed by atoms with van der Waals surface area (Å²) in [7, 11) is -3.16. The van der Waals surface area contributed by atoms with Gasteiger partial charge < -0.3 is 4.74 Å². The molecular formula is C14H17NO4S. The van der Waals surface area contributed by atoms with E-state index in [-0.39, 0.29) is 18.4 Å². The van der Waals surface area contributed by atoms with Gasteiger partial charge >= 0.3 is 5.97 Å². The molecular weight excluding hydrogens is 278 g/mol. The van der Waals surface area contributed by atoms with Crippen molar-refractivity contribution in [1.29, 1.82) is 0 Å². The second-order valence-electron chi connectivity index (χ2n) is 4.53. The van der Waals surface area contributed by atoms with Crippen molar-refractivity contribution in [3.05, 3.63) is 47.4 Å². The summed E-state index contributed by atoms with van der Waals surface area (Å²) in [6.07, 6.45) is 1.56. The Morgan fingerprint density at radius 2 is 2.10 bits per heavy atom. The minimum atomic E-state index is -3.16. The van der Waals surface area contributed by atoms with Crippen LogP contribution in [0.1, 0.15) is 18.5 Å². The Balaban J connectivity index is 2.16. The second-order valence-corrected chi connectivity index (χ2v) is 6.46.